The Kier molecular flexibility index (Phi) is 7.75. The number of morpholine rings is 1. The first-order chi connectivity index (χ1) is 19.5. The van der Waals surface area contributed by atoms with Gasteiger partial charge in [-0.15, -0.1) is 0 Å². The van der Waals surface area contributed by atoms with E-state index >= 15 is 0 Å². The van der Waals surface area contributed by atoms with Gasteiger partial charge in [-0.1, -0.05) is 26.5 Å². The summed E-state index contributed by atoms with van der Waals surface area (Å²) in [5.41, 5.74) is 7.09. The molecule has 6 rings (SSSR count). The average molecular weight is 539 g/mol. The number of rotatable bonds is 6. The van der Waals surface area contributed by atoms with Gasteiger partial charge in [0.2, 0.25) is 5.95 Å². The van der Waals surface area contributed by atoms with Gasteiger partial charge >= 0.3 is 0 Å². The Morgan fingerprint density at radius 3 is 2.60 bits per heavy atom. The lowest BCUT2D eigenvalue weighted by Gasteiger charge is -2.40. The first-order valence-electron chi connectivity index (χ1n) is 14.3. The molecule has 2 fully saturated rings. The highest BCUT2D eigenvalue weighted by Gasteiger charge is 2.26. The molecule has 0 aliphatic carbocycles. The summed E-state index contributed by atoms with van der Waals surface area (Å²) >= 11 is 0. The molecule has 3 aliphatic rings. The van der Waals surface area contributed by atoms with E-state index in [1.807, 2.05) is 18.3 Å². The number of pyridine rings is 1. The third-order valence-corrected chi connectivity index (χ3v) is 7.92. The second-order valence-electron chi connectivity index (χ2n) is 11.0. The maximum Gasteiger partial charge on any atom is 0.228 e. The largest absolute Gasteiger partial charge is 0.379 e. The number of fused-ring (bicyclic) bond motifs is 1. The molecule has 0 radical (unpaired) electrons. The number of hydrogen-bond donors (Lipinski definition) is 2. The number of piperidine rings is 1. The van der Waals surface area contributed by atoms with E-state index in [-0.39, 0.29) is 0 Å². The SMILES string of the molecule is C=C1CN=C(C(C)C)c2cc(-c3ccnc(Nc4ccc(N5CCC(N6CCOCC6)CC5)cn4)n3)ccc2N1. The highest BCUT2D eigenvalue weighted by atomic mass is 16.5. The maximum atomic E-state index is 5.52. The molecule has 9 nitrogen and oxygen atoms in total. The van der Waals surface area contributed by atoms with Crippen LogP contribution in [0.1, 0.15) is 32.3 Å². The molecule has 2 aromatic heterocycles. The molecule has 0 atom stereocenters. The lowest BCUT2D eigenvalue weighted by Crippen LogP contribution is -2.49. The van der Waals surface area contributed by atoms with Crippen LogP contribution in [-0.2, 0) is 4.74 Å². The molecule has 0 saturated carbocycles. The number of hydrogen-bond acceptors (Lipinski definition) is 9. The zero-order chi connectivity index (χ0) is 27.5. The molecule has 0 spiro atoms. The van der Waals surface area contributed by atoms with Crippen molar-refractivity contribution in [2.24, 2.45) is 10.9 Å². The summed E-state index contributed by atoms with van der Waals surface area (Å²) < 4.78 is 5.52. The number of benzene rings is 1. The lowest BCUT2D eigenvalue weighted by atomic mass is 9.95. The van der Waals surface area contributed by atoms with E-state index < -0.39 is 0 Å². The molecule has 40 heavy (non-hydrogen) atoms. The van der Waals surface area contributed by atoms with Crippen molar-refractivity contribution in [1.29, 1.82) is 0 Å². The van der Waals surface area contributed by atoms with Crippen LogP contribution < -0.4 is 15.5 Å². The topological polar surface area (TPSA) is 90.8 Å². The van der Waals surface area contributed by atoms with Gasteiger partial charge in [0.1, 0.15) is 5.82 Å². The predicted molar refractivity (Wildman–Crippen MR) is 162 cm³/mol. The fourth-order valence-corrected chi connectivity index (χ4v) is 5.79. The summed E-state index contributed by atoms with van der Waals surface area (Å²) in [6.45, 7) is 14.9. The van der Waals surface area contributed by atoms with Gasteiger partial charge in [0.05, 0.1) is 37.3 Å². The minimum atomic E-state index is 0.300. The van der Waals surface area contributed by atoms with E-state index in [1.165, 1.54) is 12.8 Å². The van der Waals surface area contributed by atoms with Crippen LogP contribution in [0.3, 0.4) is 0 Å². The van der Waals surface area contributed by atoms with Gasteiger partial charge in [-0.25, -0.2) is 15.0 Å². The van der Waals surface area contributed by atoms with E-state index in [2.05, 4.69) is 75.1 Å². The van der Waals surface area contributed by atoms with Crippen molar-refractivity contribution in [3.05, 3.63) is 66.6 Å². The smallest absolute Gasteiger partial charge is 0.228 e. The van der Waals surface area contributed by atoms with Gasteiger partial charge in [-0.2, -0.15) is 0 Å². The van der Waals surface area contributed by atoms with Gasteiger partial charge in [0.25, 0.3) is 0 Å². The van der Waals surface area contributed by atoms with Crippen LogP contribution >= 0.6 is 0 Å². The number of aliphatic imine (C=N–C) groups is 1. The van der Waals surface area contributed by atoms with Crippen molar-refractivity contribution in [3.8, 4) is 11.3 Å². The molecule has 2 N–H and O–H groups in total. The van der Waals surface area contributed by atoms with E-state index in [9.17, 15) is 0 Å². The summed E-state index contributed by atoms with van der Waals surface area (Å²) in [4.78, 5) is 23.8. The summed E-state index contributed by atoms with van der Waals surface area (Å²) in [6.07, 6.45) is 6.08. The molecule has 2 saturated heterocycles. The quantitative estimate of drug-likeness (QED) is 0.455. The summed E-state index contributed by atoms with van der Waals surface area (Å²) in [5.74, 6) is 1.54. The van der Waals surface area contributed by atoms with Gasteiger partial charge in [-0.3, -0.25) is 9.89 Å². The van der Waals surface area contributed by atoms with Crippen LogP contribution in [0.4, 0.5) is 23.1 Å². The Morgan fingerprint density at radius 1 is 1.02 bits per heavy atom. The minimum absolute atomic E-state index is 0.300. The van der Waals surface area contributed by atoms with Crippen molar-refractivity contribution >= 4 is 28.9 Å². The highest BCUT2D eigenvalue weighted by molar-refractivity contribution is 6.07. The van der Waals surface area contributed by atoms with Crippen LogP contribution in [0, 0.1) is 5.92 Å². The first kappa shape index (κ1) is 26.4. The van der Waals surface area contributed by atoms with Crippen molar-refractivity contribution in [3.63, 3.8) is 0 Å². The zero-order valence-corrected chi connectivity index (χ0v) is 23.4. The van der Waals surface area contributed by atoms with Gasteiger partial charge in [0, 0.05) is 66.6 Å². The number of aromatic nitrogens is 3. The second-order valence-corrected chi connectivity index (χ2v) is 11.0. The molecule has 0 amide bonds. The normalized spacial score (nSPS) is 18.6. The maximum absolute atomic E-state index is 5.52. The van der Waals surface area contributed by atoms with Crippen LogP contribution in [0.25, 0.3) is 11.3 Å². The Balaban J connectivity index is 1.13. The standard InChI is InChI=1S/C31H38N8O/c1-21(2)30-26-18-23(4-6-28(26)35-22(3)19-34-30)27-8-11-32-31(36-27)37-29-7-5-25(20-33-29)38-12-9-24(10-13-38)39-14-16-40-17-15-39/h4-8,11,18,20-21,24,35H,3,9-10,12-17,19H2,1-2H3,(H,32,33,36,37). The fraction of sp³-hybridized carbons (Fsp3) is 0.419. The van der Waals surface area contributed by atoms with Crippen molar-refractivity contribution < 1.29 is 4.74 Å². The first-order valence-corrected chi connectivity index (χ1v) is 14.3. The van der Waals surface area contributed by atoms with Crippen LogP contribution in [-0.4, -0.2) is 77.5 Å². The summed E-state index contributed by atoms with van der Waals surface area (Å²) in [7, 11) is 0. The molecule has 3 aliphatic heterocycles. The molecule has 3 aromatic rings. The second kappa shape index (κ2) is 11.7. The van der Waals surface area contributed by atoms with Crippen molar-refractivity contribution in [2.45, 2.75) is 32.7 Å². The van der Waals surface area contributed by atoms with Crippen molar-refractivity contribution in [1.82, 2.24) is 19.9 Å². The lowest BCUT2D eigenvalue weighted by molar-refractivity contribution is 0.0115. The van der Waals surface area contributed by atoms with E-state index in [1.54, 1.807) is 6.20 Å². The van der Waals surface area contributed by atoms with E-state index in [0.717, 1.165) is 84.8 Å². The molecule has 0 unspecified atom stereocenters. The average Bonchev–Trinajstić information content (AvgIpc) is 3.16. The third kappa shape index (κ3) is 5.85. The number of benzodiazepines with no additional fused rings is 1. The minimum Gasteiger partial charge on any atom is -0.379 e. The molecule has 5 heterocycles. The molecular weight excluding hydrogens is 500 g/mol. The highest BCUT2D eigenvalue weighted by Crippen LogP contribution is 2.30. The number of nitrogens with zero attached hydrogens (tertiary/aromatic N) is 6. The van der Waals surface area contributed by atoms with Gasteiger partial charge < -0.3 is 20.3 Å². The van der Waals surface area contributed by atoms with Crippen LogP contribution in [0.2, 0.25) is 0 Å². The Labute approximate surface area is 236 Å². The number of ether oxygens (including phenoxy) is 1. The van der Waals surface area contributed by atoms with Crippen molar-refractivity contribution in [2.75, 3.05) is 61.5 Å². The number of anilines is 4. The van der Waals surface area contributed by atoms with E-state index in [0.29, 0.717) is 24.5 Å². The molecule has 9 heteroatoms. The van der Waals surface area contributed by atoms with Gasteiger partial charge in [-0.05, 0) is 49.1 Å². The Morgan fingerprint density at radius 2 is 1.85 bits per heavy atom. The molecule has 208 valence electrons. The Bertz CT molecular complexity index is 1370. The Hall–Kier alpha value is -3.82. The fourth-order valence-electron chi connectivity index (χ4n) is 5.79. The predicted octanol–water partition coefficient (Wildman–Crippen LogP) is 4.97. The molecular formula is C31H38N8O. The number of nitrogens with one attached hydrogen (secondary N) is 2. The van der Waals surface area contributed by atoms with Crippen LogP contribution in [0.5, 0.6) is 0 Å². The van der Waals surface area contributed by atoms with Crippen LogP contribution in [0.15, 0.2) is 66.1 Å². The zero-order valence-electron chi connectivity index (χ0n) is 23.4. The molecule has 0 bridgehead atoms. The molecule has 1 aromatic carbocycles. The van der Waals surface area contributed by atoms with Gasteiger partial charge in [0.15, 0.2) is 0 Å². The monoisotopic (exact) mass is 538 g/mol. The summed E-state index contributed by atoms with van der Waals surface area (Å²) in [5, 5.41) is 6.68. The van der Waals surface area contributed by atoms with E-state index in [4.69, 9.17) is 14.7 Å². The summed E-state index contributed by atoms with van der Waals surface area (Å²) in [6, 6.07) is 13.0. The third-order valence-electron chi connectivity index (χ3n) is 7.92.